The van der Waals surface area contributed by atoms with Crippen LogP contribution in [0, 0.1) is 0 Å². The number of hydrogen-bond donors (Lipinski definition) is 0. The lowest BCUT2D eigenvalue weighted by molar-refractivity contribution is -0.108. The van der Waals surface area contributed by atoms with Gasteiger partial charge in [-0.15, -0.1) is 11.6 Å². The highest BCUT2D eigenvalue weighted by molar-refractivity contribution is 6.67. The fraction of sp³-hybridized carbons (Fsp3) is 0.500. The number of alkyl halides is 1. The molecule has 0 fully saturated rings. The fourth-order valence-electron chi connectivity index (χ4n) is 0.378. The second-order valence-electron chi connectivity index (χ2n) is 1.67. The Labute approximate surface area is 64.6 Å². The van der Waals surface area contributed by atoms with Crippen molar-refractivity contribution in [2.75, 3.05) is 5.88 Å². The minimum Gasteiger partial charge on any atom is -0.276 e. The van der Waals surface area contributed by atoms with Gasteiger partial charge in [-0.2, -0.15) is 0 Å². The van der Waals surface area contributed by atoms with E-state index in [2.05, 4.69) is 6.58 Å². The highest BCUT2D eigenvalue weighted by atomic mass is 35.5. The Morgan fingerprint density at radius 2 is 2.11 bits per heavy atom. The second-order valence-corrected chi connectivity index (χ2v) is 2.39. The molecule has 0 radical (unpaired) electrons. The molecule has 0 aromatic carbocycles. The molecule has 0 heterocycles. The van der Waals surface area contributed by atoms with Crippen LogP contribution in [0.15, 0.2) is 12.2 Å². The van der Waals surface area contributed by atoms with Crippen LogP contribution in [0.5, 0.6) is 0 Å². The molecule has 0 aromatic rings. The Kier molecular flexibility index (Phi) is 4.83. The number of halogens is 2. The largest absolute Gasteiger partial charge is 0.276 e. The minimum atomic E-state index is -0.458. The van der Waals surface area contributed by atoms with Crippen molar-refractivity contribution in [3.05, 3.63) is 12.2 Å². The molecule has 0 N–H and O–H groups in total. The zero-order valence-corrected chi connectivity index (χ0v) is 6.50. The van der Waals surface area contributed by atoms with E-state index in [0.717, 1.165) is 6.42 Å². The highest BCUT2D eigenvalue weighted by Crippen LogP contribution is 2.06. The van der Waals surface area contributed by atoms with Crippen LogP contribution in [0.3, 0.4) is 0 Å². The van der Waals surface area contributed by atoms with E-state index >= 15 is 0 Å². The van der Waals surface area contributed by atoms with E-state index in [0.29, 0.717) is 17.9 Å². The molecule has 3 heteroatoms. The van der Waals surface area contributed by atoms with Gasteiger partial charge in [0.05, 0.1) is 0 Å². The summed E-state index contributed by atoms with van der Waals surface area (Å²) in [6, 6.07) is 0. The van der Waals surface area contributed by atoms with Gasteiger partial charge in [-0.1, -0.05) is 6.58 Å². The van der Waals surface area contributed by atoms with E-state index in [-0.39, 0.29) is 0 Å². The van der Waals surface area contributed by atoms with Crippen LogP contribution in [0.4, 0.5) is 0 Å². The maximum Gasteiger partial charge on any atom is 0.247 e. The average Bonchev–Trinajstić information content (AvgIpc) is 1.82. The third-order valence-corrected chi connectivity index (χ3v) is 1.42. The predicted molar refractivity (Wildman–Crippen MR) is 40.0 cm³/mol. The van der Waals surface area contributed by atoms with Gasteiger partial charge >= 0.3 is 0 Å². The number of carbonyl (C=O) groups is 1. The van der Waals surface area contributed by atoms with E-state index in [4.69, 9.17) is 23.2 Å². The van der Waals surface area contributed by atoms with Gasteiger partial charge in [-0.25, -0.2) is 0 Å². The molecule has 0 amide bonds. The van der Waals surface area contributed by atoms with Gasteiger partial charge in [0.2, 0.25) is 5.24 Å². The molecule has 0 bridgehead atoms. The molecule has 0 saturated carbocycles. The average molecular weight is 167 g/mol. The van der Waals surface area contributed by atoms with Gasteiger partial charge in [0, 0.05) is 11.5 Å². The number of rotatable bonds is 4. The van der Waals surface area contributed by atoms with Crippen molar-refractivity contribution >= 4 is 28.4 Å². The van der Waals surface area contributed by atoms with Gasteiger partial charge < -0.3 is 0 Å². The summed E-state index contributed by atoms with van der Waals surface area (Å²) in [4.78, 5) is 10.3. The Bertz CT molecular complexity index is 120. The first kappa shape index (κ1) is 8.99. The summed E-state index contributed by atoms with van der Waals surface area (Å²) in [7, 11) is 0. The molecule has 0 rings (SSSR count). The van der Waals surface area contributed by atoms with Crippen molar-refractivity contribution in [2.45, 2.75) is 12.8 Å². The minimum absolute atomic E-state index is 0.442. The Hall–Kier alpha value is -0.0100. The molecular formula is C6H8Cl2O. The van der Waals surface area contributed by atoms with Crippen LogP contribution in [-0.4, -0.2) is 11.1 Å². The van der Waals surface area contributed by atoms with Crippen molar-refractivity contribution < 1.29 is 4.79 Å². The van der Waals surface area contributed by atoms with Crippen molar-refractivity contribution in [1.29, 1.82) is 0 Å². The molecule has 0 aliphatic rings. The molecule has 0 spiro atoms. The molecule has 0 atom stereocenters. The molecule has 0 unspecified atom stereocenters. The number of allylic oxidation sites excluding steroid dienone is 1. The van der Waals surface area contributed by atoms with Gasteiger partial charge in [0.25, 0.3) is 0 Å². The fourth-order valence-corrected chi connectivity index (χ4v) is 0.607. The van der Waals surface area contributed by atoms with E-state index in [1.807, 2.05) is 0 Å². The summed E-state index contributed by atoms with van der Waals surface area (Å²) >= 11 is 10.4. The van der Waals surface area contributed by atoms with E-state index in [9.17, 15) is 4.79 Å². The van der Waals surface area contributed by atoms with Crippen LogP contribution in [0.25, 0.3) is 0 Å². The lowest BCUT2D eigenvalue weighted by Crippen LogP contribution is -1.91. The summed E-state index contributed by atoms with van der Waals surface area (Å²) in [6.45, 7) is 3.45. The van der Waals surface area contributed by atoms with Crippen molar-refractivity contribution in [3.8, 4) is 0 Å². The quantitative estimate of drug-likeness (QED) is 0.356. The Morgan fingerprint density at radius 3 is 2.44 bits per heavy atom. The monoisotopic (exact) mass is 166 g/mol. The topological polar surface area (TPSA) is 17.1 Å². The third kappa shape index (κ3) is 4.49. The molecule has 9 heavy (non-hydrogen) atoms. The van der Waals surface area contributed by atoms with Gasteiger partial charge in [-0.3, -0.25) is 4.79 Å². The zero-order chi connectivity index (χ0) is 7.28. The maximum atomic E-state index is 10.3. The molecule has 52 valence electrons. The third-order valence-electron chi connectivity index (χ3n) is 0.890. The number of hydrogen-bond acceptors (Lipinski definition) is 1. The van der Waals surface area contributed by atoms with Crippen LogP contribution >= 0.6 is 23.2 Å². The highest BCUT2D eigenvalue weighted by Gasteiger charge is 2.00. The van der Waals surface area contributed by atoms with Gasteiger partial charge in [0.1, 0.15) is 0 Å². The maximum absolute atomic E-state index is 10.3. The van der Waals surface area contributed by atoms with Crippen molar-refractivity contribution in [1.82, 2.24) is 0 Å². The summed E-state index contributed by atoms with van der Waals surface area (Å²) in [5, 5.41) is -0.458. The van der Waals surface area contributed by atoms with E-state index in [1.54, 1.807) is 0 Å². The van der Waals surface area contributed by atoms with Crippen molar-refractivity contribution in [3.63, 3.8) is 0 Å². The van der Waals surface area contributed by atoms with Crippen molar-refractivity contribution in [2.24, 2.45) is 0 Å². The number of carbonyl (C=O) groups excluding carboxylic acids is 1. The summed E-state index contributed by atoms with van der Waals surface area (Å²) in [5.41, 5.74) is 0.442. The normalized spacial score (nSPS) is 9.11. The molecule has 1 nitrogen and oxygen atoms in total. The lowest BCUT2D eigenvalue weighted by atomic mass is 10.2. The van der Waals surface area contributed by atoms with Gasteiger partial charge in [-0.05, 0) is 24.4 Å². The first-order valence-electron chi connectivity index (χ1n) is 2.62. The zero-order valence-electron chi connectivity index (χ0n) is 4.99. The standard InChI is InChI=1S/C6H8Cl2O/c1-5(6(8)9)3-2-4-7/h1-4H2. The smallest absolute Gasteiger partial charge is 0.247 e. The summed E-state index contributed by atoms with van der Waals surface area (Å²) in [6.07, 6.45) is 1.37. The SMILES string of the molecule is C=C(CCCCl)C(=O)Cl. The molecule has 0 aliphatic heterocycles. The molecule has 0 aromatic heterocycles. The Balaban J connectivity index is 3.39. The van der Waals surface area contributed by atoms with Crippen LogP contribution < -0.4 is 0 Å². The van der Waals surface area contributed by atoms with Crippen LogP contribution in [-0.2, 0) is 4.79 Å². The predicted octanol–water partition coefficient (Wildman–Crippen LogP) is 2.33. The molecule has 0 saturated heterocycles. The first-order valence-corrected chi connectivity index (χ1v) is 3.53. The van der Waals surface area contributed by atoms with Crippen LogP contribution in [0.1, 0.15) is 12.8 Å². The van der Waals surface area contributed by atoms with E-state index in [1.165, 1.54) is 0 Å². The second kappa shape index (κ2) is 4.83. The summed E-state index contributed by atoms with van der Waals surface area (Å²) in [5.74, 6) is 0.545. The van der Waals surface area contributed by atoms with Gasteiger partial charge in [0.15, 0.2) is 0 Å². The lowest BCUT2D eigenvalue weighted by Gasteiger charge is -1.94. The molecule has 0 aliphatic carbocycles. The van der Waals surface area contributed by atoms with E-state index < -0.39 is 5.24 Å². The Morgan fingerprint density at radius 1 is 1.56 bits per heavy atom. The first-order chi connectivity index (χ1) is 4.18. The summed E-state index contributed by atoms with van der Waals surface area (Å²) < 4.78 is 0. The van der Waals surface area contributed by atoms with Crippen LogP contribution in [0.2, 0.25) is 0 Å². The molecular weight excluding hydrogens is 159 g/mol.